The van der Waals surface area contributed by atoms with E-state index in [-0.39, 0.29) is 12.5 Å². The molecule has 4 rings (SSSR count). The highest BCUT2D eigenvalue weighted by molar-refractivity contribution is 5.87. The average Bonchev–Trinajstić information content (AvgIpc) is 3.19. The van der Waals surface area contributed by atoms with E-state index >= 15 is 0 Å². The molecule has 0 N–H and O–H groups in total. The molecule has 152 valence electrons. The molecule has 0 spiro atoms. The zero-order valence-corrected chi connectivity index (χ0v) is 16.9. The molecule has 1 aliphatic heterocycles. The van der Waals surface area contributed by atoms with Gasteiger partial charge in [0.2, 0.25) is 5.91 Å². The predicted octanol–water partition coefficient (Wildman–Crippen LogP) is 1.42. The number of carbonyl (C=O) groups is 1. The molecular weight excluding hydrogens is 368 g/mol. The number of hydrogen-bond donors (Lipinski definition) is 0. The number of anilines is 2. The Morgan fingerprint density at radius 2 is 1.86 bits per heavy atom. The topological polar surface area (TPSA) is 83.3 Å². The highest BCUT2D eigenvalue weighted by Gasteiger charge is 2.23. The average molecular weight is 394 g/mol. The maximum absolute atomic E-state index is 12.9. The summed E-state index contributed by atoms with van der Waals surface area (Å²) in [6, 6.07) is 5.89. The van der Waals surface area contributed by atoms with Gasteiger partial charge in [-0.15, -0.1) is 0 Å². The SMILES string of the molecule is CCN(CC)c1ncnc2c1cnn2CC(=O)N1CCN(c2ccccn2)CC1. The number of hydrogen-bond acceptors (Lipinski definition) is 7. The Bertz CT molecular complexity index is 961. The van der Waals surface area contributed by atoms with Crippen molar-refractivity contribution >= 4 is 28.6 Å². The number of pyridine rings is 1. The van der Waals surface area contributed by atoms with Crippen LogP contribution in [0.4, 0.5) is 11.6 Å². The zero-order valence-electron chi connectivity index (χ0n) is 16.9. The first-order valence-electron chi connectivity index (χ1n) is 10.1. The van der Waals surface area contributed by atoms with E-state index in [1.165, 1.54) is 0 Å². The zero-order chi connectivity index (χ0) is 20.2. The second-order valence-corrected chi connectivity index (χ2v) is 6.96. The van der Waals surface area contributed by atoms with Gasteiger partial charge in [0.1, 0.15) is 24.5 Å². The quantitative estimate of drug-likeness (QED) is 0.625. The second-order valence-electron chi connectivity index (χ2n) is 6.96. The lowest BCUT2D eigenvalue weighted by Crippen LogP contribution is -2.49. The van der Waals surface area contributed by atoms with Crippen LogP contribution in [-0.2, 0) is 11.3 Å². The van der Waals surface area contributed by atoms with E-state index in [1.807, 2.05) is 23.1 Å². The number of amides is 1. The van der Waals surface area contributed by atoms with Crippen LogP contribution in [0.1, 0.15) is 13.8 Å². The summed E-state index contributed by atoms with van der Waals surface area (Å²) in [5.74, 6) is 1.87. The normalized spacial score (nSPS) is 14.4. The highest BCUT2D eigenvalue weighted by atomic mass is 16.2. The van der Waals surface area contributed by atoms with Crippen molar-refractivity contribution in [3.05, 3.63) is 36.9 Å². The smallest absolute Gasteiger partial charge is 0.244 e. The molecule has 0 saturated carbocycles. The highest BCUT2D eigenvalue weighted by Crippen LogP contribution is 2.22. The predicted molar refractivity (Wildman–Crippen MR) is 112 cm³/mol. The second kappa shape index (κ2) is 8.42. The fraction of sp³-hybridized carbons (Fsp3) is 0.450. The summed E-state index contributed by atoms with van der Waals surface area (Å²) in [6.07, 6.45) is 5.10. The molecular formula is C20H26N8O. The van der Waals surface area contributed by atoms with Crippen LogP contribution in [0.2, 0.25) is 0 Å². The molecule has 29 heavy (non-hydrogen) atoms. The van der Waals surface area contributed by atoms with Crippen LogP contribution < -0.4 is 9.80 Å². The van der Waals surface area contributed by atoms with Gasteiger partial charge in [-0.3, -0.25) is 4.79 Å². The fourth-order valence-electron chi connectivity index (χ4n) is 3.73. The first kappa shape index (κ1) is 19.1. The Labute approximate surface area is 170 Å². The van der Waals surface area contributed by atoms with Gasteiger partial charge in [0.25, 0.3) is 0 Å². The minimum Gasteiger partial charge on any atom is -0.356 e. The third-order valence-electron chi connectivity index (χ3n) is 5.37. The Morgan fingerprint density at radius 1 is 1.07 bits per heavy atom. The van der Waals surface area contributed by atoms with E-state index in [0.717, 1.165) is 43.2 Å². The molecule has 9 heteroatoms. The van der Waals surface area contributed by atoms with Crippen molar-refractivity contribution in [3.8, 4) is 0 Å². The summed E-state index contributed by atoms with van der Waals surface area (Å²) in [4.78, 5) is 32.3. The molecule has 3 aromatic rings. The maximum atomic E-state index is 12.9. The number of piperazine rings is 1. The van der Waals surface area contributed by atoms with Gasteiger partial charge in [0, 0.05) is 45.5 Å². The van der Waals surface area contributed by atoms with Crippen molar-refractivity contribution in [2.24, 2.45) is 0 Å². The summed E-state index contributed by atoms with van der Waals surface area (Å²) in [7, 11) is 0. The van der Waals surface area contributed by atoms with E-state index < -0.39 is 0 Å². The van der Waals surface area contributed by atoms with Crippen molar-refractivity contribution in [2.45, 2.75) is 20.4 Å². The lowest BCUT2D eigenvalue weighted by Gasteiger charge is -2.35. The molecule has 0 unspecified atom stereocenters. The molecule has 9 nitrogen and oxygen atoms in total. The first-order valence-corrected chi connectivity index (χ1v) is 10.1. The molecule has 1 aliphatic rings. The Hall–Kier alpha value is -3.23. The molecule has 1 saturated heterocycles. The van der Waals surface area contributed by atoms with E-state index in [4.69, 9.17) is 0 Å². The molecule has 0 aliphatic carbocycles. The number of nitrogens with zero attached hydrogens (tertiary/aromatic N) is 8. The van der Waals surface area contributed by atoms with Gasteiger partial charge >= 0.3 is 0 Å². The largest absolute Gasteiger partial charge is 0.356 e. The summed E-state index contributed by atoms with van der Waals surface area (Å²) in [6.45, 7) is 8.98. The first-order chi connectivity index (χ1) is 14.2. The van der Waals surface area contributed by atoms with Crippen LogP contribution >= 0.6 is 0 Å². The molecule has 0 aromatic carbocycles. The lowest BCUT2D eigenvalue weighted by atomic mass is 10.3. The lowest BCUT2D eigenvalue weighted by molar-refractivity contribution is -0.132. The Balaban J connectivity index is 1.44. The summed E-state index contributed by atoms with van der Waals surface area (Å²) < 4.78 is 1.68. The van der Waals surface area contributed by atoms with Crippen molar-refractivity contribution in [1.82, 2.24) is 29.6 Å². The van der Waals surface area contributed by atoms with Crippen molar-refractivity contribution < 1.29 is 4.79 Å². The molecule has 0 bridgehead atoms. The van der Waals surface area contributed by atoms with Crippen molar-refractivity contribution in [2.75, 3.05) is 49.1 Å². The summed E-state index contributed by atoms with van der Waals surface area (Å²) in [5.41, 5.74) is 0.697. The minimum absolute atomic E-state index is 0.0543. The third kappa shape index (κ3) is 3.85. The standard InChI is InChI=1S/C20H26N8O/c1-3-25(4-2)19-16-13-24-28(20(16)23-15-22-19)14-18(29)27-11-9-26(10-12-27)17-7-5-6-8-21-17/h5-8,13,15H,3-4,9-12,14H2,1-2H3. The third-order valence-corrected chi connectivity index (χ3v) is 5.37. The van der Waals surface area contributed by atoms with Gasteiger partial charge in [0.15, 0.2) is 5.65 Å². The minimum atomic E-state index is 0.0543. The van der Waals surface area contributed by atoms with Crippen molar-refractivity contribution in [1.29, 1.82) is 0 Å². The Morgan fingerprint density at radius 3 is 2.55 bits per heavy atom. The molecule has 1 fully saturated rings. The molecule has 0 radical (unpaired) electrons. The van der Waals surface area contributed by atoms with E-state index in [0.29, 0.717) is 18.7 Å². The molecule has 4 heterocycles. The van der Waals surface area contributed by atoms with Crippen LogP contribution in [0.5, 0.6) is 0 Å². The fourth-order valence-corrected chi connectivity index (χ4v) is 3.73. The molecule has 0 atom stereocenters. The summed E-state index contributed by atoms with van der Waals surface area (Å²) in [5, 5.41) is 5.30. The van der Waals surface area contributed by atoms with Crippen LogP contribution in [0, 0.1) is 0 Å². The molecule has 1 amide bonds. The van der Waals surface area contributed by atoms with Gasteiger partial charge < -0.3 is 14.7 Å². The van der Waals surface area contributed by atoms with Gasteiger partial charge in [-0.05, 0) is 26.0 Å². The van der Waals surface area contributed by atoms with Crippen LogP contribution in [0.25, 0.3) is 11.0 Å². The van der Waals surface area contributed by atoms with Crippen LogP contribution in [0.3, 0.4) is 0 Å². The number of aromatic nitrogens is 5. The number of rotatable bonds is 6. The van der Waals surface area contributed by atoms with E-state index in [1.54, 1.807) is 23.4 Å². The van der Waals surface area contributed by atoms with E-state index in [9.17, 15) is 4.79 Å². The van der Waals surface area contributed by atoms with E-state index in [2.05, 4.69) is 43.7 Å². The number of fused-ring (bicyclic) bond motifs is 1. The number of carbonyl (C=O) groups excluding carboxylic acids is 1. The summed E-state index contributed by atoms with van der Waals surface area (Å²) >= 11 is 0. The maximum Gasteiger partial charge on any atom is 0.244 e. The monoisotopic (exact) mass is 394 g/mol. The van der Waals surface area contributed by atoms with Gasteiger partial charge in [-0.25, -0.2) is 19.6 Å². The van der Waals surface area contributed by atoms with Crippen LogP contribution in [0.15, 0.2) is 36.9 Å². The molecule has 3 aromatic heterocycles. The van der Waals surface area contributed by atoms with Gasteiger partial charge in [-0.2, -0.15) is 5.10 Å². The van der Waals surface area contributed by atoms with Crippen LogP contribution in [-0.4, -0.2) is 74.8 Å². The van der Waals surface area contributed by atoms with Gasteiger partial charge in [-0.1, -0.05) is 6.07 Å². The van der Waals surface area contributed by atoms with Gasteiger partial charge in [0.05, 0.1) is 11.6 Å². The Kier molecular flexibility index (Phi) is 5.55. The van der Waals surface area contributed by atoms with Crippen molar-refractivity contribution in [3.63, 3.8) is 0 Å².